The molecule has 6 heteroatoms. The lowest BCUT2D eigenvalue weighted by Crippen LogP contribution is -2.23. The van der Waals surface area contributed by atoms with Gasteiger partial charge in [-0.05, 0) is 32.8 Å². The Hall–Kier alpha value is -1.30. The highest BCUT2D eigenvalue weighted by molar-refractivity contribution is 5.35. The zero-order chi connectivity index (χ0) is 16.3. The number of nitrogens with zero attached hydrogens (tertiary/aromatic N) is 1. The van der Waals surface area contributed by atoms with E-state index in [4.69, 9.17) is 9.47 Å². The first-order chi connectivity index (χ1) is 9.50. The van der Waals surface area contributed by atoms with Crippen molar-refractivity contribution in [1.29, 1.82) is 0 Å². The lowest BCUT2D eigenvalue weighted by molar-refractivity contribution is -0.139. The van der Waals surface area contributed by atoms with E-state index in [-0.39, 0.29) is 30.5 Å². The van der Waals surface area contributed by atoms with Crippen molar-refractivity contribution < 1.29 is 22.6 Å². The molecule has 3 nitrogen and oxygen atoms in total. The predicted molar refractivity (Wildman–Crippen MR) is 74.5 cm³/mol. The number of halogens is 3. The highest BCUT2D eigenvalue weighted by Gasteiger charge is 2.35. The molecule has 0 fully saturated rings. The molecule has 0 saturated carbocycles. The highest BCUT2D eigenvalue weighted by Crippen LogP contribution is 2.37. The van der Waals surface area contributed by atoms with Gasteiger partial charge in [0.2, 0.25) is 0 Å². The predicted octanol–water partition coefficient (Wildman–Crippen LogP) is 4.42. The van der Waals surface area contributed by atoms with E-state index < -0.39 is 11.7 Å². The molecule has 0 radical (unpaired) electrons. The molecule has 1 aromatic heterocycles. The molecule has 0 aliphatic heterocycles. The summed E-state index contributed by atoms with van der Waals surface area (Å²) in [6.07, 6.45) is -3.33. The maximum Gasteiger partial charge on any atom is 0.420 e. The molecule has 0 aromatic carbocycles. The summed E-state index contributed by atoms with van der Waals surface area (Å²) in [5.74, 6) is -0.339. The Morgan fingerprint density at radius 2 is 1.76 bits per heavy atom. The summed E-state index contributed by atoms with van der Waals surface area (Å²) in [7, 11) is 0. The van der Waals surface area contributed by atoms with Crippen LogP contribution in [0.3, 0.4) is 0 Å². The number of hydrogen-bond donors (Lipinski definition) is 0. The minimum Gasteiger partial charge on any atom is -0.489 e. The van der Waals surface area contributed by atoms with Crippen molar-refractivity contribution in [2.75, 3.05) is 13.2 Å². The Labute approximate surface area is 123 Å². The molecule has 21 heavy (non-hydrogen) atoms. The number of alkyl halides is 3. The number of ether oxygens (including phenoxy) is 2. The van der Waals surface area contributed by atoms with Crippen LogP contribution in [0.1, 0.15) is 51.8 Å². The molecule has 120 valence electrons. The topological polar surface area (TPSA) is 31.4 Å². The molecule has 0 amide bonds. The molecule has 0 N–H and O–H groups in total. The van der Waals surface area contributed by atoms with Crippen LogP contribution in [0.25, 0.3) is 0 Å². The van der Waals surface area contributed by atoms with Crippen molar-refractivity contribution in [2.24, 2.45) is 0 Å². The Balaban J connectivity index is 2.82. The Morgan fingerprint density at radius 3 is 2.24 bits per heavy atom. The second-order valence-corrected chi connectivity index (χ2v) is 6.07. The second-order valence-electron chi connectivity index (χ2n) is 6.07. The van der Waals surface area contributed by atoms with Crippen LogP contribution in [0.5, 0.6) is 5.75 Å². The maximum absolute atomic E-state index is 13.1. The molecule has 1 aromatic rings. The van der Waals surface area contributed by atoms with Gasteiger partial charge in [0.25, 0.3) is 0 Å². The standard InChI is InChI=1S/C15H22F3NO2/c1-10(2)12-8-11(15(16,17)18)13(9-19-12)20-6-7-21-14(3,4)5/h8-10H,6-7H2,1-5H3. The van der Waals surface area contributed by atoms with Gasteiger partial charge in [-0.15, -0.1) is 0 Å². The fraction of sp³-hybridized carbons (Fsp3) is 0.667. The number of hydrogen-bond acceptors (Lipinski definition) is 3. The summed E-state index contributed by atoms with van der Waals surface area (Å²) in [4.78, 5) is 4.01. The highest BCUT2D eigenvalue weighted by atomic mass is 19.4. The van der Waals surface area contributed by atoms with Crippen LogP contribution in [0.4, 0.5) is 13.2 Å². The van der Waals surface area contributed by atoms with Crippen LogP contribution in [-0.4, -0.2) is 23.8 Å². The fourth-order valence-corrected chi connectivity index (χ4v) is 1.61. The smallest absolute Gasteiger partial charge is 0.420 e. The Kier molecular flexibility index (Phi) is 5.61. The molecule has 0 saturated heterocycles. The van der Waals surface area contributed by atoms with E-state index in [9.17, 15) is 13.2 Å². The maximum atomic E-state index is 13.1. The zero-order valence-electron chi connectivity index (χ0n) is 13.0. The van der Waals surface area contributed by atoms with Gasteiger partial charge in [0.15, 0.2) is 0 Å². The van der Waals surface area contributed by atoms with E-state index in [0.717, 1.165) is 12.3 Å². The molecule has 0 unspecified atom stereocenters. The summed E-state index contributed by atoms with van der Waals surface area (Å²) < 4.78 is 49.8. The first-order valence-electron chi connectivity index (χ1n) is 6.84. The van der Waals surface area contributed by atoms with E-state index in [0.29, 0.717) is 5.69 Å². The molecule has 0 aliphatic carbocycles. The molecule has 1 rings (SSSR count). The van der Waals surface area contributed by atoms with Gasteiger partial charge in [-0.3, -0.25) is 4.98 Å². The van der Waals surface area contributed by atoms with E-state index in [1.54, 1.807) is 13.8 Å². The largest absolute Gasteiger partial charge is 0.489 e. The van der Waals surface area contributed by atoms with Crippen molar-refractivity contribution in [3.05, 3.63) is 23.5 Å². The van der Waals surface area contributed by atoms with Crippen LogP contribution in [0.15, 0.2) is 12.3 Å². The van der Waals surface area contributed by atoms with E-state index >= 15 is 0 Å². The summed E-state index contributed by atoms with van der Waals surface area (Å²) in [5.41, 5.74) is -0.756. The van der Waals surface area contributed by atoms with Crippen LogP contribution in [-0.2, 0) is 10.9 Å². The average Bonchev–Trinajstić information content (AvgIpc) is 2.32. The van der Waals surface area contributed by atoms with Gasteiger partial charge in [0.1, 0.15) is 17.9 Å². The molecule has 0 spiro atoms. The average molecular weight is 305 g/mol. The van der Waals surface area contributed by atoms with Crippen molar-refractivity contribution >= 4 is 0 Å². The van der Waals surface area contributed by atoms with Crippen LogP contribution >= 0.6 is 0 Å². The quantitative estimate of drug-likeness (QED) is 0.755. The number of rotatable bonds is 5. The third kappa shape index (κ3) is 5.91. The third-order valence-electron chi connectivity index (χ3n) is 2.66. The summed E-state index contributed by atoms with van der Waals surface area (Å²) >= 11 is 0. The van der Waals surface area contributed by atoms with Gasteiger partial charge in [-0.2, -0.15) is 13.2 Å². The SMILES string of the molecule is CC(C)c1cc(C(F)(F)F)c(OCCOC(C)(C)C)cn1. The number of aromatic nitrogens is 1. The molecule has 0 atom stereocenters. The second kappa shape index (κ2) is 6.64. The van der Waals surface area contributed by atoms with Gasteiger partial charge < -0.3 is 9.47 Å². The Morgan fingerprint density at radius 1 is 1.14 bits per heavy atom. The third-order valence-corrected chi connectivity index (χ3v) is 2.66. The molecule has 0 aliphatic rings. The van der Waals surface area contributed by atoms with Gasteiger partial charge in [-0.25, -0.2) is 0 Å². The molecule has 0 bridgehead atoms. The van der Waals surface area contributed by atoms with Crippen molar-refractivity contribution in [3.8, 4) is 5.75 Å². The minimum absolute atomic E-state index is 0.0447. The van der Waals surface area contributed by atoms with Gasteiger partial charge in [-0.1, -0.05) is 13.8 Å². The van der Waals surface area contributed by atoms with Gasteiger partial charge >= 0.3 is 6.18 Å². The molecule has 1 heterocycles. The van der Waals surface area contributed by atoms with E-state index in [1.807, 2.05) is 20.8 Å². The first-order valence-corrected chi connectivity index (χ1v) is 6.84. The first kappa shape index (κ1) is 17.8. The van der Waals surface area contributed by atoms with Crippen molar-refractivity contribution in [2.45, 2.75) is 52.3 Å². The lowest BCUT2D eigenvalue weighted by Gasteiger charge is -2.20. The summed E-state index contributed by atoms with van der Waals surface area (Å²) in [6, 6.07) is 1.05. The minimum atomic E-state index is -4.47. The monoisotopic (exact) mass is 305 g/mol. The van der Waals surface area contributed by atoms with E-state index in [1.165, 1.54) is 0 Å². The van der Waals surface area contributed by atoms with Crippen LogP contribution < -0.4 is 4.74 Å². The van der Waals surface area contributed by atoms with Crippen molar-refractivity contribution in [3.63, 3.8) is 0 Å². The summed E-state index contributed by atoms with van der Waals surface area (Å²) in [5, 5.41) is 0. The summed E-state index contributed by atoms with van der Waals surface area (Å²) in [6.45, 7) is 9.45. The molecular weight excluding hydrogens is 283 g/mol. The Bertz CT molecular complexity index is 465. The fourth-order valence-electron chi connectivity index (χ4n) is 1.61. The van der Waals surface area contributed by atoms with Crippen LogP contribution in [0.2, 0.25) is 0 Å². The van der Waals surface area contributed by atoms with Crippen LogP contribution in [0, 0.1) is 0 Å². The van der Waals surface area contributed by atoms with Gasteiger partial charge in [0.05, 0.1) is 18.4 Å². The zero-order valence-corrected chi connectivity index (χ0v) is 13.0. The van der Waals surface area contributed by atoms with E-state index in [2.05, 4.69) is 4.98 Å². The normalized spacial score (nSPS) is 12.8. The van der Waals surface area contributed by atoms with Gasteiger partial charge in [0, 0.05) is 5.69 Å². The lowest BCUT2D eigenvalue weighted by atomic mass is 10.1. The number of pyridine rings is 1. The molecular formula is C15H22F3NO2. The van der Waals surface area contributed by atoms with Crippen molar-refractivity contribution in [1.82, 2.24) is 4.98 Å².